The molecule has 0 radical (unpaired) electrons. The van der Waals surface area contributed by atoms with Gasteiger partial charge in [0.2, 0.25) is 0 Å². The van der Waals surface area contributed by atoms with E-state index in [0.29, 0.717) is 6.54 Å². The van der Waals surface area contributed by atoms with Gasteiger partial charge in [-0.05, 0) is 17.7 Å². The minimum atomic E-state index is -0.945. The Hall–Kier alpha value is -2.04. The SMILES string of the molecule is CN1CC(c2ccc(C(=O)O)cc2)NC1=O. The molecule has 5 nitrogen and oxygen atoms in total. The molecule has 2 rings (SSSR count). The topological polar surface area (TPSA) is 69.6 Å². The molecule has 1 aromatic rings. The van der Waals surface area contributed by atoms with Crippen LogP contribution < -0.4 is 5.32 Å². The predicted molar refractivity (Wildman–Crippen MR) is 57.3 cm³/mol. The van der Waals surface area contributed by atoms with E-state index in [-0.39, 0.29) is 17.6 Å². The summed E-state index contributed by atoms with van der Waals surface area (Å²) in [7, 11) is 1.72. The lowest BCUT2D eigenvalue weighted by molar-refractivity contribution is 0.0697. The summed E-state index contributed by atoms with van der Waals surface area (Å²) in [6, 6.07) is 6.39. The van der Waals surface area contributed by atoms with Crippen LogP contribution in [0.1, 0.15) is 22.0 Å². The number of likely N-dealkylation sites (N-methyl/N-ethyl adjacent to an activating group) is 1. The van der Waals surface area contributed by atoms with Gasteiger partial charge in [-0.2, -0.15) is 0 Å². The highest BCUT2D eigenvalue weighted by molar-refractivity contribution is 5.87. The molecule has 84 valence electrons. The van der Waals surface area contributed by atoms with E-state index in [4.69, 9.17) is 5.11 Å². The maximum atomic E-state index is 11.3. The third-order valence-electron chi connectivity index (χ3n) is 2.66. The predicted octanol–water partition coefficient (Wildman–Crippen LogP) is 1.08. The van der Waals surface area contributed by atoms with Gasteiger partial charge in [-0.25, -0.2) is 9.59 Å². The van der Waals surface area contributed by atoms with Gasteiger partial charge in [-0.15, -0.1) is 0 Å². The Morgan fingerprint density at radius 3 is 2.50 bits per heavy atom. The molecule has 0 aromatic heterocycles. The normalized spacial score (nSPS) is 19.7. The lowest BCUT2D eigenvalue weighted by Crippen LogP contribution is -2.23. The van der Waals surface area contributed by atoms with Crippen LogP contribution in [0.25, 0.3) is 0 Å². The molecule has 1 saturated heterocycles. The number of aromatic carboxylic acids is 1. The molecule has 1 heterocycles. The van der Waals surface area contributed by atoms with Gasteiger partial charge in [0.15, 0.2) is 0 Å². The van der Waals surface area contributed by atoms with Crippen LogP contribution in [-0.4, -0.2) is 35.6 Å². The van der Waals surface area contributed by atoms with Crippen molar-refractivity contribution in [3.63, 3.8) is 0 Å². The largest absolute Gasteiger partial charge is 0.478 e. The number of rotatable bonds is 2. The molecule has 0 aliphatic carbocycles. The Bertz CT molecular complexity index is 427. The zero-order chi connectivity index (χ0) is 11.7. The summed E-state index contributed by atoms with van der Waals surface area (Å²) in [5.74, 6) is -0.945. The van der Waals surface area contributed by atoms with Gasteiger partial charge in [0, 0.05) is 13.6 Å². The summed E-state index contributed by atoms with van der Waals surface area (Å²) in [6.45, 7) is 0.602. The van der Waals surface area contributed by atoms with Gasteiger partial charge in [0.1, 0.15) is 0 Å². The first-order valence-corrected chi connectivity index (χ1v) is 4.93. The smallest absolute Gasteiger partial charge is 0.335 e. The van der Waals surface area contributed by atoms with E-state index in [1.54, 1.807) is 36.2 Å². The molecule has 1 fully saturated rings. The van der Waals surface area contributed by atoms with Crippen molar-refractivity contribution >= 4 is 12.0 Å². The molecule has 1 atom stereocenters. The molecule has 16 heavy (non-hydrogen) atoms. The number of carboxylic acids is 1. The average Bonchev–Trinajstić information content (AvgIpc) is 2.59. The summed E-state index contributed by atoms with van der Waals surface area (Å²) in [6.07, 6.45) is 0. The molecule has 5 heteroatoms. The average molecular weight is 220 g/mol. The Morgan fingerprint density at radius 2 is 2.06 bits per heavy atom. The van der Waals surface area contributed by atoms with E-state index in [1.807, 2.05) is 0 Å². The fourth-order valence-electron chi connectivity index (χ4n) is 1.71. The fourth-order valence-corrected chi connectivity index (χ4v) is 1.71. The number of nitrogens with zero attached hydrogens (tertiary/aromatic N) is 1. The number of nitrogens with one attached hydrogen (secondary N) is 1. The van der Waals surface area contributed by atoms with E-state index in [1.165, 1.54) is 0 Å². The van der Waals surface area contributed by atoms with E-state index >= 15 is 0 Å². The molecule has 1 aliphatic rings. The van der Waals surface area contributed by atoms with Crippen molar-refractivity contribution in [3.05, 3.63) is 35.4 Å². The van der Waals surface area contributed by atoms with Crippen molar-refractivity contribution in [1.82, 2.24) is 10.2 Å². The number of benzene rings is 1. The van der Waals surface area contributed by atoms with Crippen LogP contribution in [0.4, 0.5) is 4.79 Å². The monoisotopic (exact) mass is 220 g/mol. The Balaban J connectivity index is 2.17. The molecule has 1 unspecified atom stereocenters. The van der Waals surface area contributed by atoms with Gasteiger partial charge in [0.25, 0.3) is 0 Å². The summed E-state index contributed by atoms with van der Waals surface area (Å²) >= 11 is 0. The van der Waals surface area contributed by atoms with Crippen LogP contribution in [-0.2, 0) is 0 Å². The molecule has 0 bridgehead atoms. The number of amides is 2. The van der Waals surface area contributed by atoms with E-state index in [2.05, 4.69) is 5.32 Å². The first-order chi connectivity index (χ1) is 7.58. The standard InChI is InChI=1S/C11H12N2O3/c1-13-6-9(12-11(13)16)7-2-4-8(5-3-7)10(14)15/h2-5,9H,6H2,1H3,(H,12,16)(H,14,15). The first-order valence-electron chi connectivity index (χ1n) is 4.93. The van der Waals surface area contributed by atoms with Crippen LogP contribution in [0.2, 0.25) is 0 Å². The highest BCUT2D eigenvalue weighted by Gasteiger charge is 2.26. The van der Waals surface area contributed by atoms with Gasteiger partial charge in [-0.3, -0.25) is 0 Å². The number of carbonyl (C=O) groups excluding carboxylic acids is 1. The quantitative estimate of drug-likeness (QED) is 0.783. The van der Waals surface area contributed by atoms with E-state index < -0.39 is 5.97 Å². The second kappa shape index (κ2) is 3.84. The Morgan fingerprint density at radius 1 is 1.44 bits per heavy atom. The number of hydrogen-bond acceptors (Lipinski definition) is 2. The zero-order valence-electron chi connectivity index (χ0n) is 8.80. The zero-order valence-corrected chi connectivity index (χ0v) is 8.80. The highest BCUT2D eigenvalue weighted by Crippen LogP contribution is 2.19. The van der Waals surface area contributed by atoms with Crippen molar-refractivity contribution in [2.45, 2.75) is 6.04 Å². The van der Waals surface area contributed by atoms with E-state index in [0.717, 1.165) is 5.56 Å². The van der Waals surface area contributed by atoms with Crippen molar-refractivity contribution in [2.75, 3.05) is 13.6 Å². The molecular weight excluding hydrogens is 208 g/mol. The molecular formula is C11H12N2O3. The van der Waals surface area contributed by atoms with Crippen molar-refractivity contribution < 1.29 is 14.7 Å². The van der Waals surface area contributed by atoms with Crippen molar-refractivity contribution in [2.24, 2.45) is 0 Å². The van der Waals surface area contributed by atoms with E-state index in [9.17, 15) is 9.59 Å². The van der Waals surface area contributed by atoms with Crippen LogP contribution >= 0.6 is 0 Å². The minimum Gasteiger partial charge on any atom is -0.478 e. The van der Waals surface area contributed by atoms with Gasteiger partial charge < -0.3 is 15.3 Å². The maximum absolute atomic E-state index is 11.3. The van der Waals surface area contributed by atoms with Gasteiger partial charge >= 0.3 is 12.0 Å². The molecule has 2 amide bonds. The minimum absolute atomic E-state index is 0.0552. The molecule has 0 saturated carbocycles. The number of hydrogen-bond donors (Lipinski definition) is 2. The number of carboxylic acid groups (broad SMARTS) is 1. The molecule has 1 aromatic carbocycles. The summed E-state index contributed by atoms with van der Waals surface area (Å²) in [4.78, 5) is 23.5. The first kappa shape index (κ1) is 10.5. The number of urea groups is 1. The van der Waals surface area contributed by atoms with Crippen LogP contribution in [0.5, 0.6) is 0 Å². The van der Waals surface area contributed by atoms with Crippen molar-refractivity contribution in [3.8, 4) is 0 Å². The van der Waals surface area contributed by atoms with Gasteiger partial charge in [0.05, 0.1) is 11.6 Å². The molecule has 1 aliphatic heterocycles. The second-order valence-corrected chi connectivity index (χ2v) is 3.81. The summed E-state index contributed by atoms with van der Waals surface area (Å²) < 4.78 is 0. The second-order valence-electron chi connectivity index (χ2n) is 3.81. The number of carbonyl (C=O) groups is 2. The lowest BCUT2D eigenvalue weighted by atomic mass is 10.1. The summed E-state index contributed by atoms with van der Waals surface area (Å²) in [5.41, 5.74) is 1.17. The van der Waals surface area contributed by atoms with Crippen molar-refractivity contribution in [1.29, 1.82) is 0 Å². The Labute approximate surface area is 92.7 Å². The lowest BCUT2D eigenvalue weighted by Gasteiger charge is -2.09. The fraction of sp³-hybridized carbons (Fsp3) is 0.273. The maximum Gasteiger partial charge on any atom is 0.335 e. The van der Waals surface area contributed by atoms with Crippen LogP contribution in [0.3, 0.4) is 0 Å². The Kier molecular flexibility index (Phi) is 2.52. The van der Waals surface area contributed by atoms with Crippen LogP contribution in [0, 0.1) is 0 Å². The molecule has 0 spiro atoms. The molecule has 2 N–H and O–H groups in total. The van der Waals surface area contributed by atoms with Gasteiger partial charge in [-0.1, -0.05) is 12.1 Å². The third kappa shape index (κ3) is 1.84. The summed E-state index contributed by atoms with van der Waals surface area (Å²) in [5, 5.41) is 11.6. The third-order valence-corrected chi connectivity index (χ3v) is 2.66. The van der Waals surface area contributed by atoms with Crippen LogP contribution in [0.15, 0.2) is 24.3 Å². The highest BCUT2D eigenvalue weighted by atomic mass is 16.4.